The van der Waals surface area contributed by atoms with E-state index < -0.39 is 58.3 Å². The van der Waals surface area contributed by atoms with Crippen LogP contribution in [-0.4, -0.2) is 11.0 Å². The summed E-state index contributed by atoms with van der Waals surface area (Å²) in [5.74, 6) is -11.1. The van der Waals surface area contributed by atoms with Gasteiger partial charge in [-0.2, -0.15) is 22.8 Å². The predicted octanol–water partition coefficient (Wildman–Crippen LogP) is 4.83. The quantitative estimate of drug-likeness (QED) is 0.754. The summed E-state index contributed by atoms with van der Waals surface area (Å²) in [5.41, 5.74) is -6.20. The van der Waals surface area contributed by atoms with Gasteiger partial charge in [0.25, 0.3) is 0 Å². The first-order valence-corrected chi connectivity index (χ1v) is 7.71. The Morgan fingerprint density at radius 1 is 1.15 bits per heavy atom. The van der Waals surface area contributed by atoms with E-state index in [0.717, 1.165) is 24.3 Å². The molecule has 0 aromatic heterocycles. The molecule has 2 atom stereocenters. The van der Waals surface area contributed by atoms with Gasteiger partial charge >= 0.3 is 11.8 Å². The molecule has 0 saturated heterocycles. The molecule has 0 saturated carbocycles. The fourth-order valence-electron chi connectivity index (χ4n) is 3.70. The minimum Gasteiger partial charge on any atom is -0.457 e. The maximum atomic E-state index is 14.5. The molecule has 0 heterocycles. The second-order valence-electron chi connectivity index (χ2n) is 6.47. The Morgan fingerprint density at radius 3 is 2.52 bits per heavy atom. The van der Waals surface area contributed by atoms with Crippen LogP contribution in [0, 0.1) is 17.1 Å². The van der Waals surface area contributed by atoms with Crippen LogP contribution in [0.2, 0.25) is 0 Å². The van der Waals surface area contributed by atoms with Gasteiger partial charge in [0.05, 0.1) is 11.6 Å². The molecule has 27 heavy (non-hydrogen) atoms. The third-order valence-corrected chi connectivity index (χ3v) is 4.89. The molecule has 0 unspecified atom stereocenters. The summed E-state index contributed by atoms with van der Waals surface area (Å²) in [7, 11) is 0. The second kappa shape index (κ2) is 5.16. The largest absolute Gasteiger partial charge is 0.457 e. The smallest absolute Gasteiger partial charge is 0.346 e. The zero-order chi connectivity index (χ0) is 19.8. The highest BCUT2D eigenvalue weighted by atomic mass is 19.3. The van der Waals surface area contributed by atoms with Gasteiger partial charge in [-0.15, -0.1) is 0 Å². The van der Waals surface area contributed by atoms with Crippen LogP contribution in [0.1, 0.15) is 34.8 Å². The van der Waals surface area contributed by atoms with Crippen molar-refractivity contribution in [3.63, 3.8) is 0 Å². The Hall–Kier alpha value is -2.73. The van der Waals surface area contributed by atoms with Crippen molar-refractivity contribution in [3.05, 3.63) is 58.4 Å². The van der Waals surface area contributed by atoms with Crippen molar-refractivity contribution in [2.45, 2.75) is 30.0 Å². The van der Waals surface area contributed by atoms with E-state index in [2.05, 4.69) is 0 Å². The van der Waals surface area contributed by atoms with Gasteiger partial charge in [0.1, 0.15) is 23.5 Å². The first kappa shape index (κ1) is 17.7. The number of aliphatic hydroxyl groups is 1. The standard InChI is InChI=1S/C18H9F6NO2/c19-9-3-8(7-25)4-10(5-9)27-13-2-1-11-15-14(13)12(20)6-16(15,26)18(23,24)17(11,21)22/h1-5,12,26H,6H2/t12-,16-/m1/s1. The first-order chi connectivity index (χ1) is 12.5. The highest BCUT2D eigenvalue weighted by molar-refractivity contribution is 5.60. The molecule has 2 aliphatic carbocycles. The van der Waals surface area contributed by atoms with Crippen LogP contribution in [0.4, 0.5) is 26.3 Å². The lowest BCUT2D eigenvalue weighted by Gasteiger charge is -2.30. The molecule has 0 bridgehead atoms. The highest BCUT2D eigenvalue weighted by Crippen LogP contribution is 2.68. The lowest BCUT2D eigenvalue weighted by molar-refractivity contribution is -0.287. The molecule has 2 aromatic carbocycles. The van der Waals surface area contributed by atoms with Crippen LogP contribution in [0.25, 0.3) is 0 Å². The predicted molar refractivity (Wildman–Crippen MR) is 78.8 cm³/mol. The van der Waals surface area contributed by atoms with Gasteiger partial charge in [-0.3, -0.25) is 0 Å². The highest BCUT2D eigenvalue weighted by Gasteiger charge is 2.79. The number of benzene rings is 2. The fraction of sp³-hybridized carbons (Fsp3) is 0.278. The normalized spacial score (nSPS) is 26.5. The van der Waals surface area contributed by atoms with E-state index >= 15 is 0 Å². The number of hydrogen-bond donors (Lipinski definition) is 1. The average Bonchev–Trinajstić information content (AvgIpc) is 2.92. The van der Waals surface area contributed by atoms with Gasteiger partial charge in [0.15, 0.2) is 5.60 Å². The van der Waals surface area contributed by atoms with Crippen LogP contribution in [-0.2, 0) is 11.5 Å². The van der Waals surface area contributed by atoms with Crippen LogP contribution in [0.5, 0.6) is 11.5 Å². The van der Waals surface area contributed by atoms with Crippen molar-refractivity contribution in [1.29, 1.82) is 5.26 Å². The Labute approximate surface area is 148 Å². The summed E-state index contributed by atoms with van der Waals surface area (Å²) in [5, 5.41) is 19.1. The van der Waals surface area contributed by atoms with Crippen molar-refractivity contribution in [2.24, 2.45) is 0 Å². The van der Waals surface area contributed by atoms with Crippen LogP contribution in [0.3, 0.4) is 0 Å². The van der Waals surface area contributed by atoms with Gasteiger partial charge in [-0.1, -0.05) is 0 Å². The lowest BCUT2D eigenvalue weighted by Crippen LogP contribution is -2.48. The van der Waals surface area contributed by atoms with Crippen molar-refractivity contribution >= 4 is 0 Å². The number of alkyl halides is 5. The summed E-state index contributed by atoms with van der Waals surface area (Å²) in [6, 6.07) is 6.04. The van der Waals surface area contributed by atoms with E-state index in [1.54, 1.807) is 6.07 Å². The second-order valence-corrected chi connectivity index (χ2v) is 6.47. The van der Waals surface area contributed by atoms with E-state index in [-0.39, 0.29) is 11.3 Å². The molecule has 1 N–H and O–H groups in total. The van der Waals surface area contributed by atoms with Crippen molar-refractivity contribution in [2.75, 3.05) is 0 Å². The zero-order valence-corrected chi connectivity index (χ0v) is 13.2. The molecule has 0 radical (unpaired) electrons. The fourth-order valence-corrected chi connectivity index (χ4v) is 3.70. The molecular formula is C18H9F6NO2. The molecule has 3 nitrogen and oxygen atoms in total. The number of nitriles is 1. The maximum Gasteiger partial charge on any atom is 0.346 e. The Bertz CT molecular complexity index is 1020. The number of halogens is 6. The molecular weight excluding hydrogens is 376 g/mol. The lowest BCUT2D eigenvalue weighted by atomic mass is 9.95. The van der Waals surface area contributed by atoms with Crippen molar-refractivity contribution in [3.8, 4) is 17.6 Å². The Balaban J connectivity index is 1.89. The first-order valence-electron chi connectivity index (χ1n) is 7.71. The van der Waals surface area contributed by atoms with E-state index in [1.807, 2.05) is 0 Å². The number of hydrogen-bond acceptors (Lipinski definition) is 3. The molecule has 140 valence electrons. The van der Waals surface area contributed by atoms with Crippen LogP contribution < -0.4 is 4.74 Å². The summed E-state index contributed by atoms with van der Waals surface area (Å²) in [6.45, 7) is 0. The molecule has 0 amide bonds. The van der Waals surface area contributed by atoms with E-state index in [0.29, 0.717) is 6.07 Å². The Morgan fingerprint density at radius 2 is 1.85 bits per heavy atom. The van der Waals surface area contributed by atoms with Crippen molar-refractivity contribution in [1.82, 2.24) is 0 Å². The minimum absolute atomic E-state index is 0.117. The molecule has 0 aliphatic heterocycles. The third-order valence-electron chi connectivity index (χ3n) is 4.89. The van der Waals surface area contributed by atoms with Gasteiger partial charge in [-0.05, 0) is 24.3 Å². The summed E-state index contributed by atoms with van der Waals surface area (Å²) in [4.78, 5) is 0. The third kappa shape index (κ3) is 2.07. The average molecular weight is 385 g/mol. The molecule has 0 fully saturated rings. The zero-order valence-electron chi connectivity index (χ0n) is 13.2. The van der Waals surface area contributed by atoms with Gasteiger partial charge < -0.3 is 9.84 Å². The number of nitrogens with zero attached hydrogens (tertiary/aromatic N) is 1. The molecule has 2 aromatic rings. The van der Waals surface area contributed by atoms with Gasteiger partial charge in [0, 0.05) is 29.2 Å². The van der Waals surface area contributed by atoms with Gasteiger partial charge in [-0.25, -0.2) is 8.78 Å². The van der Waals surface area contributed by atoms with E-state index in [4.69, 9.17) is 10.00 Å². The number of rotatable bonds is 2. The van der Waals surface area contributed by atoms with Gasteiger partial charge in [0.2, 0.25) is 0 Å². The molecule has 2 aliphatic rings. The topological polar surface area (TPSA) is 53.2 Å². The van der Waals surface area contributed by atoms with Crippen LogP contribution in [0.15, 0.2) is 30.3 Å². The summed E-state index contributed by atoms with van der Waals surface area (Å²) in [6.07, 6.45) is -3.45. The maximum absolute atomic E-state index is 14.5. The van der Waals surface area contributed by atoms with Crippen LogP contribution >= 0.6 is 0 Å². The SMILES string of the molecule is N#Cc1cc(F)cc(Oc2ccc3c4c2[C@H](F)C[C@]4(O)C(F)(F)C3(F)F)c1. The summed E-state index contributed by atoms with van der Waals surface area (Å²) >= 11 is 0. The Kier molecular flexibility index (Phi) is 3.38. The molecule has 0 spiro atoms. The summed E-state index contributed by atoms with van der Waals surface area (Å²) < 4.78 is 89.9. The van der Waals surface area contributed by atoms with Crippen molar-refractivity contribution < 1.29 is 36.2 Å². The van der Waals surface area contributed by atoms with E-state index in [1.165, 1.54) is 0 Å². The molecule has 4 rings (SSSR count). The van der Waals surface area contributed by atoms with E-state index in [9.17, 15) is 31.4 Å². The number of ether oxygens (including phenoxy) is 1. The molecule has 9 heteroatoms. The monoisotopic (exact) mass is 385 g/mol. The minimum atomic E-state index is -4.90.